The Morgan fingerprint density at radius 1 is 1.14 bits per heavy atom. The van der Waals surface area contributed by atoms with Crippen LogP contribution < -0.4 is 0 Å². The Balaban J connectivity index is 2.04. The number of methoxy groups -OCH3 is 1. The predicted molar refractivity (Wildman–Crippen MR) is 79.6 cm³/mol. The molecule has 3 heteroatoms. The second-order valence-electron chi connectivity index (χ2n) is 6.19. The molecule has 1 spiro atoms. The first kappa shape index (κ1) is 12.6. The van der Waals surface area contributed by atoms with Crippen LogP contribution in [-0.4, -0.2) is 18.9 Å². The van der Waals surface area contributed by atoms with Crippen LogP contribution in [0.2, 0.25) is 0 Å². The van der Waals surface area contributed by atoms with Crippen LogP contribution >= 0.6 is 0 Å². The van der Waals surface area contributed by atoms with Gasteiger partial charge >= 0.3 is 5.97 Å². The maximum atomic E-state index is 12.9. The monoisotopic (exact) mass is 280 g/mol. The van der Waals surface area contributed by atoms with E-state index in [1.165, 1.54) is 18.2 Å². The van der Waals surface area contributed by atoms with Crippen LogP contribution in [0.4, 0.5) is 0 Å². The van der Waals surface area contributed by atoms with Crippen molar-refractivity contribution in [1.82, 2.24) is 0 Å². The van der Waals surface area contributed by atoms with Gasteiger partial charge in [0, 0.05) is 5.56 Å². The minimum absolute atomic E-state index is 0.0866. The molecule has 4 rings (SSSR count). The minimum atomic E-state index is -0.658. The first-order valence-electron chi connectivity index (χ1n) is 7.18. The van der Waals surface area contributed by atoms with Gasteiger partial charge in [-0.2, -0.15) is 0 Å². The zero-order valence-electron chi connectivity index (χ0n) is 12.3. The standard InChI is InChI=1S/C18H16O3/c1-9-4-6-11-15-12(7-5-10(2)14(9)15)18(16(11)19)8-13(18)17(20)21-3/h4-7,13H,8H2,1-3H3/t13-,18+/m0/s1. The molecule has 0 radical (unpaired) electrons. The molecular formula is C18H16O3. The van der Waals surface area contributed by atoms with Gasteiger partial charge in [-0.3, -0.25) is 9.59 Å². The Morgan fingerprint density at radius 3 is 2.48 bits per heavy atom. The summed E-state index contributed by atoms with van der Waals surface area (Å²) in [5.41, 5.74) is 3.47. The minimum Gasteiger partial charge on any atom is -0.469 e. The number of benzene rings is 2. The van der Waals surface area contributed by atoms with Crippen molar-refractivity contribution in [2.75, 3.05) is 7.11 Å². The SMILES string of the molecule is COC(=O)[C@@H]1C[C@]12C(=O)c1ccc(C)c3c(C)ccc2c13. The summed E-state index contributed by atoms with van der Waals surface area (Å²) in [6.45, 7) is 4.13. The molecule has 106 valence electrons. The average Bonchev–Trinajstić information content (AvgIpc) is 3.17. The zero-order chi connectivity index (χ0) is 14.9. The largest absolute Gasteiger partial charge is 0.469 e. The van der Waals surface area contributed by atoms with Crippen LogP contribution in [0.1, 0.15) is 33.5 Å². The summed E-state index contributed by atoms with van der Waals surface area (Å²) in [6, 6.07) is 7.99. The highest BCUT2D eigenvalue weighted by molar-refractivity contribution is 6.24. The van der Waals surface area contributed by atoms with Gasteiger partial charge in [0.1, 0.15) is 0 Å². The molecule has 0 aromatic heterocycles. The Labute approximate surface area is 122 Å². The molecule has 1 fully saturated rings. The number of esters is 1. The molecule has 0 bridgehead atoms. The van der Waals surface area contributed by atoms with E-state index in [4.69, 9.17) is 4.74 Å². The Hall–Kier alpha value is -2.16. The van der Waals surface area contributed by atoms with E-state index in [9.17, 15) is 9.59 Å². The fourth-order valence-corrected chi connectivity index (χ4v) is 4.03. The number of rotatable bonds is 1. The quantitative estimate of drug-likeness (QED) is 0.754. The molecular weight excluding hydrogens is 264 g/mol. The number of Topliss-reactive ketones (excluding diaryl/α,β-unsaturated/α-hetero) is 1. The summed E-state index contributed by atoms with van der Waals surface area (Å²) in [7, 11) is 1.38. The zero-order valence-corrected chi connectivity index (χ0v) is 12.3. The average molecular weight is 280 g/mol. The van der Waals surface area contributed by atoms with E-state index < -0.39 is 5.41 Å². The maximum absolute atomic E-state index is 12.9. The molecule has 0 N–H and O–H groups in total. The van der Waals surface area contributed by atoms with Crippen LogP contribution in [0.3, 0.4) is 0 Å². The van der Waals surface area contributed by atoms with Crippen molar-refractivity contribution in [1.29, 1.82) is 0 Å². The van der Waals surface area contributed by atoms with E-state index in [1.54, 1.807) is 0 Å². The second-order valence-corrected chi connectivity index (χ2v) is 6.19. The number of carbonyl (C=O) groups excluding carboxylic acids is 2. The van der Waals surface area contributed by atoms with E-state index in [0.717, 1.165) is 21.9 Å². The van der Waals surface area contributed by atoms with Gasteiger partial charge in [0.15, 0.2) is 5.78 Å². The smallest absolute Gasteiger partial charge is 0.310 e. The van der Waals surface area contributed by atoms with Crippen molar-refractivity contribution >= 4 is 22.5 Å². The lowest BCUT2D eigenvalue weighted by atomic mass is 9.91. The van der Waals surface area contributed by atoms with E-state index >= 15 is 0 Å². The van der Waals surface area contributed by atoms with Crippen LogP contribution in [0, 0.1) is 19.8 Å². The van der Waals surface area contributed by atoms with Gasteiger partial charge in [0.05, 0.1) is 18.4 Å². The maximum Gasteiger partial charge on any atom is 0.310 e. The molecule has 0 saturated heterocycles. The van der Waals surface area contributed by atoms with Crippen LogP contribution in [-0.2, 0) is 14.9 Å². The lowest BCUT2D eigenvalue weighted by Crippen LogP contribution is -2.21. The van der Waals surface area contributed by atoms with Gasteiger partial charge in [0.25, 0.3) is 0 Å². The topological polar surface area (TPSA) is 43.4 Å². The Morgan fingerprint density at radius 2 is 1.81 bits per heavy atom. The van der Waals surface area contributed by atoms with Gasteiger partial charge in [-0.05, 0) is 47.7 Å². The van der Waals surface area contributed by atoms with Crippen LogP contribution in [0.25, 0.3) is 10.8 Å². The number of carbonyl (C=O) groups is 2. The lowest BCUT2D eigenvalue weighted by molar-refractivity contribution is -0.142. The molecule has 0 aliphatic heterocycles. The third kappa shape index (κ3) is 1.29. The molecule has 0 heterocycles. The first-order valence-corrected chi connectivity index (χ1v) is 7.18. The normalized spacial score (nSPS) is 25.7. The van der Waals surface area contributed by atoms with Crippen molar-refractivity contribution < 1.29 is 14.3 Å². The van der Waals surface area contributed by atoms with E-state index in [0.29, 0.717) is 6.42 Å². The highest BCUT2D eigenvalue weighted by atomic mass is 16.5. The number of hydrogen-bond donors (Lipinski definition) is 0. The highest BCUT2D eigenvalue weighted by Crippen LogP contribution is 2.62. The summed E-state index contributed by atoms with van der Waals surface area (Å²) >= 11 is 0. The summed E-state index contributed by atoms with van der Waals surface area (Å²) in [4.78, 5) is 24.8. The third-order valence-corrected chi connectivity index (χ3v) is 5.15. The molecule has 0 unspecified atom stereocenters. The van der Waals surface area contributed by atoms with E-state index in [1.807, 2.05) is 18.2 Å². The Kier molecular flexibility index (Phi) is 2.23. The predicted octanol–water partition coefficient (Wildman–Crippen LogP) is 3.08. The summed E-state index contributed by atoms with van der Waals surface area (Å²) in [5.74, 6) is -0.515. The molecule has 2 aliphatic rings. The summed E-state index contributed by atoms with van der Waals surface area (Å²) < 4.78 is 4.86. The van der Waals surface area contributed by atoms with Crippen molar-refractivity contribution in [3.63, 3.8) is 0 Å². The molecule has 0 amide bonds. The van der Waals surface area contributed by atoms with E-state index in [-0.39, 0.29) is 17.7 Å². The molecule has 3 nitrogen and oxygen atoms in total. The number of ketones is 1. The molecule has 2 aromatic rings. The second kappa shape index (κ2) is 3.73. The van der Waals surface area contributed by atoms with Crippen molar-refractivity contribution in [2.45, 2.75) is 25.7 Å². The lowest BCUT2D eigenvalue weighted by Gasteiger charge is -2.11. The summed E-state index contributed by atoms with van der Waals surface area (Å²) in [5, 5.41) is 2.21. The molecule has 1 saturated carbocycles. The van der Waals surface area contributed by atoms with Crippen LogP contribution in [0.15, 0.2) is 24.3 Å². The number of ether oxygens (including phenoxy) is 1. The number of aryl methyl sites for hydroxylation is 2. The van der Waals surface area contributed by atoms with Gasteiger partial charge < -0.3 is 4.74 Å². The molecule has 2 aliphatic carbocycles. The fourth-order valence-electron chi connectivity index (χ4n) is 4.03. The highest BCUT2D eigenvalue weighted by Gasteiger charge is 2.68. The molecule has 2 aromatic carbocycles. The van der Waals surface area contributed by atoms with Crippen LogP contribution in [0.5, 0.6) is 0 Å². The number of hydrogen-bond acceptors (Lipinski definition) is 3. The van der Waals surface area contributed by atoms with Crippen molar-refractivity contribution in [3.8, 4) is 0 Å². The molecule has 2 atom stereocenters. The fraction of sp³-hybridized carbons (Fsp3) is 0.333. The van der Waals surface area contributed by atoms with Gasteiger partial charge in [-0.15, -0.1) is 0 Å². The van der Waals surface area contributed by atoms with Gasteiger partial charge in [-0.25, -0.2) is 0 Å². The van der Waals surface area contributed by atoms with E-state index in [2.05, 4.69) is 19.9 Å². The van der Waals surface area contributed by atoms with Gasteiger partial charge in [0.2, 0.25) is 0 Å². The van der Waals surface area contributed by atoms with Crippen molar-refractivity contribution in [3.05, 3.63) is 46.5 Å². The molecule has 21 heavy (non-hydrogen) atoms. The third-order valence-electron chi connectivity index (χ3n) is 5.15. The number of fused-ring (bicyclic) bond motifs is 1. The van der Waals surface area contributed by atoms with Gasteiger partial charge in [-0.1, -0.05) is 24.3 Å². The van der Waals surface area contributed by atoms with Crippen molar-refractivity contribution in [2.24, 2.45) is 5.92 Å². The first-order chi connectivity index (χ1) is 10.0. The Bertz CT molecular complexity index is 826. The summed E-state index contributed by atoms with van der Waals surface area (Å²) in [6.07, 6.45) is 0.574.